The molecular formula is C24H32ClN3O2. The molecule has 0 spiro atoms. The van der Waals surface area contributed by atoms with Crippen LogP contribution in [-0.4, -0.2) is 22.8 Å². The molecule has 2 atom stereocenters. The van der Waals surface area contributed by atoms with Gasteiger partial charge in [-0.1, -0.05) is 39.3 Å². The van der Waals surface area contributed by atoms with E-state index in [4.69, 9.17) is 11.6 Å². The minimum Gasteiger partial charge on any atom is -0.349 e. The van der Waals surface area contributed by atoms with Gasteiger partial charge in [-0.2, -0.15) is 0 Å². The van der Waals surface area contributed by atoms with Gasteiger partial charge < -0.3 is 5.32 Å². The van der Waals surface area contributed by atoms with E-state index in [1.807, 2.05) is 37.9 Å². The summed E-state index contributed by atoms with van der Waals surface area (Å²) in [7, 11) is 0. The summed E-state index contributed by atoms with van der Waals surface area (Å²) in [6, 6.07) is -0.0872. The Labute approximate surface area is 184 Å². The van der Waals surface area contributed by atoms with Crippen LogP contribution in [0.2, 0.25) is 0 Å². The molecule has 162 valence electrons. The first kappa shape index (κ1) is 22.5. The summed E-state index contributed by atoms with van der Waals surface area (Å²) in [5, 5.41) is 3.80. The van der Waals surface area contributed by atoms with Crippen molar-refractivity contribution in [2.24, 2.45) is 5.92 Å². The van der Waals surface area contributed by atoms with Crippen molar-refractivity contribution in [1.82, 2.24) is 10.3 Å². The van der Waals surface area contributed by atoms with Gasteiger partial charge in [0.05, 0.1) is 24.0 Å². The summed E-state index contributed by atoms with van der Waals surface area (Å²) < 4.78 is 0. The maximum atomic E-state index is 13.5. The molecule has 0 aromatic carbocycles. The fourth-order valence-corrected chi connectivity index (χ4v) is 4.74. The maximum absolute atomic E-state index is 13.5. The molecule has 2 heterocycles. The molecule has 0 saturated carbocycles. The summed E-state index contributed by atoms with van der Waals surface area (Å²) in [6.07, 6.45) is 9.35. The number of amides is 2. The molecule has 0 fully saturated rings. The first-order valence-electron chi connectivity index (χ1n) is 11.0. The zero-order valence-corrected chi connectivity index (χ0v) is 19.3. The Morgan fingerprint density at radius 3 is 2.70 bits per heavy atom. The van der Waals surface area contributed by atoms with E-state index in [9.17, 15) is 9.59 Å². The first-order valence-corrected chi connectivity index (χ1v) is 11.3. The third-order valence-electron chi connectivity index (χ3n) is 6.15. The van der Waals surface area contributed by atoms with Crippen LogP contribution in [0.1, 0.15) is 77.5 Å². The van der Waals surface area contributed by atoms with Crippen LogP contribution < -0.4 is 10.2 Å². The molecule has 0 bridgehead atoms. The van der Waals surface area contributed by atoms with Crippen molar-refractivity contribution >= 4 is 29.1 Å². The highest BCUT2D eigenvalue weighted by molar-refractivity contribution is 6.30. The molecule has 0 saturated heterocycles. The standard InChI is InChI=1S/C24H32ClN3O2/c1-6-16(25)11-18-15(5)23(14(3)4)28(24(18)30)21-13-26-12-19-17(21)9-8-10-20(19)27-22(29)7-2/h11-14,20,23H,6-10H2,1-5H3,(H,27,29). The van der Waals surface area contributed by atoms with Crippen molar-refractivity contribution in [2.45, 2.75) is 78.8 Å². The van der Waals surface area contributed by atoms with Gasteiger partial charge in [0.15, 0.2) is 0 Å². The molecular weight excluding hydrogens is 398 g/mol. The number of fused-ring (bicyclic) bond motifs is 1. The second-order valence-electron chi connectivity index (χ2n) is 8.50. The fourth-order valence-electron chi connectivity index (χ4n) is 4.63. The molecule has 1 aromatic rings. The molecule has 1 N–H and O–H groups in total. The van der Waals surface area contributed by atoms with Crippen LogP contribution in [0.15, 0.2) is 34.6 Å². The van der Waals surface area contributed by atoms with E-state index in [1.165, 1.54) is 0 Å². The predicted octanol–water partition coefficient (Wildman–Crippen LogP) is 5.21. The van der Waals surface area contributed by atoms with Gasteiger partial charge in [0, 0.05) is 23.2 Å². The van der Waals surface area contributed by atoms with E-state index in [1.54, 1.807) is 6.20 Å². The van der Waals surface area contributed by atoms with Crippen molar-refractivity contribution in [2.75, 3.05) is 4.90 Å². The molecule has 3 rings (SSSR count). The van der Waals surface area contributed by atoms with Gasteiger partial charge in [-0.15, -0.1) is 0 Å². The number of allylic oxidation sites excluding steroid dienone is 1. The second kappa shape index (κ2) is 9.34. The largest absolute Gasteiger partial charge is 0.349 e. The summed E-state index contributed by atoms with van der Waals surface area (Å²) in [6.45, 7) is 10.1. The van der Waals surface area contributed by atoms with Crippen molar-refractivity contribution in [3.05, 3.63) is 45.8 Å². The van der Waals surface area contributed by atoms with Crippen LogP contribution in [-0.2, 0) is 16.0 Å². The number of anilines is 1. The lowest BCUT2D eigenvalue weighted by Crippen LogP contribution is -2.40. The number of hydrogen-bond donors (Lipinski definition) is 1. The van der Waals surface area contributed by atoms with Gasteiger partial charge in [0.2, 0.25) is 5.91 Å². The molecule has 1 aromatic heterocycles. The summed E-state index contributed by atoms with van der Waals surface area (Å²) in [5.41, 5.74) is 4.75. The maximum Gasteiger partial charge on any atom is 0.258 e. The highest BCUT2D eigenvalue weighted by Crippen LogP contribution is 2.41. The molecule has 2 amide bonds. The number of nitrogens with one attached hydrogen (secondary N) is 1. The number of carbonyl (C=O) groups is 2. The molecule has 2 unspecified atom stereocenters. The third kappa shape index (κ3) is 4.18. The molecule has 5 nitrogen and oxygen atoms in total. The fraction of sp³-hybridized carbons (Fsp3) is 0.542. The number of nitrogens with zero attached hydrogens (tertiary/aromatic N) is 2. The quantitative estimate of drug-likeness (QED) is 0.675. The Balaban J connectivity index is 2.06. The van der Waals surface area contributed by atoms with Crippen LogP contribution in [0.5, 0.6) is 0 Å². The minimum atomic E-state index is -0.0492. The van der Waals surface area contributed by atoms with E-state index in [-0.39, 0.29) is 29.8 Å². The lowest BCUT2D eigenvalue weighted by Gasteiger charge is -2.34. The second-order valence-corrected chi connectivity index (χ2v) is 8.98. The molecule has 30 heavy (non-hydrogen) atoms. The predicted molar refractivity (Wildman–Crippen MR) is 121 cm³/mol. The van der Waals surface area contributed by atoms with Crippen LogP contribution >= 0.6 is 11.6 Å². The van der Waals surface area contributed by atoms with E-state index < -0.39 is 0 Å². The number of hydrogen-bond acceptors (Lipinski definition) is 3. The van der Waals surface area contributed by atoms with Gasteiger partial charge in [0.25, 0.3) is 5.91 Å². The lowest BCUT2D eigenvalue weighted by molar-refractivity contribution is -0.121. The molecule has 1 aliphatic carbocycles. The minimum absolute atomic E-state index is 0.0206. The summed E-state index contributed by atoms with van der Waals surface area (Å²) in [4.78, 5) is 31.9. The van der Waals surface area contributed by atoms with Crippen molar-refractivity contribution < 1.29 is 9.59 Å². The van der Waals surface area contributed by atoms with Crippen LogP contribution in [0.25, 0.3) is 0 Å². The average Bonchev–Trinajstić information content (AvgIpc) is 2.98. The van der Waals surface area contributed by atoms with Crippen molar-refractivity contribution in [3.63, 3.8) is 0 Å². The number of halogens is 1. The van der Waals surface area contributed by atoms with Gasteiger partial charge in [0.1, 0.15) is 0 Å². The number of aromatic nitrogens is 1. The third-order valence-corrected chi connectivity index (χ3v) is 6.52. The van der Waals surface area contributed by atoms with E-state index in [2.05, 4.69) is 24.1 Å². The zero-order valence-electron chi connectivity index (χ0n) is 18.6. The SMILES string of the molecule is CCC(=O)NC1CCCc2c1cncc2N1C(=O)C(C=C(Cl)CC)=C(C)C1C(C)C. The zero-order chi connectivity index (χ0) is 22.0. The summed E-state index contributed by atoms with van der Waals surface area (Å²) in [5.74, 6) is 0.262. The number of rotatable bonds is 6. The van der Waals surface area contributed by atoms with Crippen LogP contribution in [0.3, 0.4) is 0 Å². The molecule has 6 heteroatoms. The average molecular weight is 430 g/mol. The Morgan fingerprint density at radius 2 is 2.07 bits per heavy atom. The Hall–Kier alpha value is -2.14. The number of carbonyl (C=O) groups excluding carboxylic acids is 2. The normalized spacial score (nSPS) is 22.0. The topological polar surface area (TPSA) is 62.3 Å². The highest BCUT2D eigenvalue weighted by Gasteiger charge is 2.40. The molecule has 2 aliphatic rings. The van der Waals surface area contributed by atoms with E-state index >= 15 is 0 Å². The molecule has 1 aliphatic heterocycles. The van der Waals surface area contributed by atoms with Crippen molar-refractivity contribution in [1.29, 1.82) is 0 Å². The van der Waals surface area contributed by atoms with Crippen molar-refractivity contribution in [3.8, 4) is 0 Å². The van der Waals surface area contributed by atoms with Gasteiger partial charge in [-0.05, 0) is 61.3 Å². The lowest BCUT2D eigenvalue weighted by atomic mass is 9.87. The number of pyridine rings is 1. The van der Waals surface area contributed by atoms with Gasteiger partial charge in [-0.25, -0.2) is 0 Å². The highest BCUT2D eigenvalue weighted by atomic mass is 35.5. The summed E-state index contributed by atoms with van der Waals surface area (Å²) >= 11 is 6.30. The smallest absolute Gasteiger partial charge is 0.258 e. The van der Waals surface area contributed by atoms with E-state index in [0.29, 0.717) is 23.4 Å². The van der Waals surface area contributed by atoms with Gasteiger partial charge in [-0.3, -0.25) is 19.5 Å². The Morgan fingerprint density at radius 1 is 1.33 bits per heavy atom. The van der Waals surface area contributed by atoms with Gasteiger partial charge >= 0.3 is 0 Å². The Kier molecular flexibility index (Phi) is 7.02. The van der Waals surface area contributed by atoms with Crippen LogP contribution in [0.4, 0.5) is 5.69 Å². The van der Waals surface area contributed by atoms with Crippen LogP contribution in [0, 0.1) is 5.92 Å². The monoisotopic (exact) mass is 429 g/mol. The Bertz CT molecular complexity index is 904. The van der Waals surface area contributed by atoms with E-state index in [0.717, 1.165) is 41.6 Å². The molecule has 0 radical (unpaired) electrons. The first-order chi connectivity index (χ1) is 14.3.